The van der Waals surface area contributed by atoms with E-state index in [0.29, 0.717) is 13.2 Å². The van der Waals surface area contributed by atoms with Gasteiger partial charge in [-0.2, -0.15) is 5.26 Å². The molecule has 90 valence electrons. The van der Waals surface area contributed by atoms with Crippen LogP contribution in [0.2, 0.25) is 0 Å². The van der Waals surface area contributed by atoms with Crippen molar-refractivity contribution in [3.8, 4) is 16.6 Å². The highest BCUT2D eigenvalue weighted by Gasteiger charge is 2.43. The molecule has 1 aliphatic rings. The minimum absolute atomic E-state index is 0.451. The summed E-state index contributed by atoms with van der Waals surface area (Å²) in [5, 5.41) is 12.1. The molecule has 1 aromatic heterocycles. The number of nitriles is 1. The standard InChI is InChI=1S/C13H9BrN2OS/c14-10-3-1-9(2-4-10)12-16-11(5-18-12)13(6-15)7-17-8-13/h1-5H,7-8H2. The molecule has 0 atom stereocenters. The molecule has 5 heteroatoms. The van der Waals surface area contributed by atoms with E-state index in [0.717, 1.165) is 20.7 Å². The van der Waals surface area contributed by atoms with Crippen molar-refractivity contribution in [3.63, 3.8) is 0 Å². The number of rotatable bonds is 2. The molecule has 1 saturated heterocycles. The molecule has 1 aromatic carbocycles. The first-order valence-electron chi connectivity index (χ1n) is 5.44. The van der Waals surface area contributed by atoms with Gasteiger partial charge in [-0.25, -0.2) is 4.98 Å². The summed E-state index contributed by atoms with van der Waals surface area (Å²) in [5.74, 6) is 0. The van der Waals surface area contributed by atoms with E-state index in [9.17, 15) is 5.26 Å². The summed E-state index contributed by atoms with van der Waals surface area (Å²) < 4.78 is 6.20. The molecule has 0 radical (unpaired) electrons. The fraction of sp³-hybridized carbons (Fsp3) is 0.231. The maximum Gasteiger partial charge on any atom is 0.146 e. The van der Waals surface area contributed by atoms with Crippen molar-refractivity contribution < 1.29 is 4.74 Å². The van der Waals surface area contributed by atoms with E-state index in [4.69, 9.17) is 4.74 Å². The van der Waals surface area contributed by atoms with Crippen LogP contribution in [0.4, 0.5) is 0 Å². The Morgan fingerprint density at radius 3 is 2.61 bits per heavy atom. The number of aromatic nitrogens is 1. The quantitative estimate of drug-likeness (QED) is 0.852. The van der Waals surface area contributed by atoms with Crippen molar-refractivity contribution in [2.24, 2.45) is 0 Å². The second-order valence-corrected chi connectivity index (χ2v) is 6.01. The van der Waals surface area contributed by atoms with Crippen molar-refractivity contribution in [2.45, 2.75) is 5.41 Å². The predicted molar refractivity (Wildman–Crippen MR) is 73.4 cm³/mol. The zero-order chi connectivity index (χ0) is 12.6. The summed E-state index contributed by atoms with van der Waals surface area (Å²) in [5.41, 5.74) is 1.38. The largest absolute Gasteiger partial charge is 0.377 e. The topological polar surface area (TPSA) is 45.9 Å². The lowest BCUT2D eigenvalue weighted by molar-refractivity contribution is -0.0314. The first kappa shape index (κ1) is 11.8. The molecule has 0 saturated carbocycles. The summed E-state index contributed by atoms with van der Waals surface area (Å²) in [6.45, 7) is 0.903. The molecule has 1 aliphatic heterocycles. The van der Waals surface area contributed by atoms with Crippen molar-refractivity contribution in [1.82, 2.24) is 4.98 Å². The van der Waals surface area contributed by atoms with Crippen LogP contribution >= 0.6 is 27.3 Å². The van der Waals surface area contributed by atoms with Gasteiger partial charge in [-0.05, 0) is 12.1 Å². The second kappa shape index (κ2) is 4.47. The van der Waals surface area contributed by atoms with Crippen LogP contribution < -0.4 is 0 Å². The molecule has 0 amide bonds. The third-order valence-electron chi connectivity index (χ3n) is 3.00. The normalized spacial score (nSPS) is 16.9. The van der Waals surface area contributed by atoms with Gasteiger partial charge in [0.2, 0.25) is 0 Å². The first-order valence-corrected chi connectivity index (χ1v) is 7.12. The van der Waals surface area contributed by atoms with Crippen molar-refractivity contribution >= 4 is 27.3 Å². The van der Waals surface area contributed by atoms with Crippen LogP contribution in [0.5, 0.6) is 0 Å². The fourth-order valence-corrected chi connectivity index (χ4v) is 2.98. The Bertz CT molecular complexity index is 611. The van der Waals surface area contributed by atoms with E-state index in [-0.39, 0.29) is 0 Å². The Hall–Kier alpha value is -1.22. The van der Waals surface area contributed by atoms with Crippen LogP contribution in [0, 0.1) is 11.3 Å². The van der Waals surface area contributed by atoms with Gasteiger partial charge >= 0.3 is 0 Å². The fourth-order valence-electron chi connectivity index (χ4n) is 1.79. The molecule has 0 spiro atoms. The molecule has 0 N–H and O–H groups in total. The Morgan fingerprint density at radius 2 is 2.06 bits per heavy atom. The lowest BCUT2D eigenvalue weighted by atomic mass is 9.85. The summed E-state index contributed by atoms with van der Waals surface area (Å²) in [6, 6.07) is 10.3. The predicted octanol–water partition coefficient (Wildman–Crippen LogP) is 3.36. The molecule has 2 aromatic rings. The zero-order valence-corrected chi connectivity index (χ0v) is 11.8. The Balaban J connectivity index is 1.95. The SMILES string of the molecule is N#CC1(c2csc(-c3ccc(Br)cc3)n2)COC1. The average Bonchev–Trinajstić information content (AvgIpc) is 2.79. The Morgan fingerprint density at radius 1 is 1.33 bits per heavy atom. The number of halogens is 1. The molecule has 2 heterocycles. The van der Waals surface area contributed by atoms with Crippen LogP contribution in [0.15, 0.2) is 34.1 Å². The van der Waals surface area contributed by atoms with E-state index < -0.39 is 5.41 Å². The molecule has 1 fully saturated rings. The van der Waals surface area contributed by atoms with Crippen LogP contribution in [0.3, 0.4) is 0 Å². The van der Waals surface area contributed by atoms with Gasteiger partial charge in [0.25, 0.3) is 0 Å². The van der Waals surface area contributed by atoms with Gasteiger partial charge in [-0.1, -0.05) is 28.1 Å². The van der Waals surface area contributed by atoms with Crippen LogP contribution in [-0.4, -0.2) is 18.2 Å². The molecule has 3 nitrogen and oxygen atoms in total. The zero-order valence-electron chi connectivity index (χ0n) is 9.39. The maximum absolute atomic E-state index is 9.23. The van der Waals surface area contributed by atoms with E-state index in [1.54, 1.807) is 11.3 Å². The lowest BCUT2D eigenvalue weighted by Gasteiger charge is -2.33. The van der Waals surface area contributed by atoms with E-state index >= 15 is 0 Å². The number of nitrogens with zero attached hydrogens (tertiary/aromatic N) is 2. The third kappa shape index (κ3) is 1.87. The minimum atomic E-state index is -0.524. The van der Waals surface area contributed by atoms with Gasteiger partial charge in [0.05, 0.1) is 25.0 Å². The average molecular weight is 321 g/mol. The number of hydrogen-bond acceptors (Lipinski definition) is 4. The Kier molecular flexibility index (Phi) is 2.94. The molecular formula is C13H9BrN2OS. The second-order valence-electron chi connectivity index (χ2n) is 4.23. The number of ether oxygens (including phenoxy) is 1. The van der Waals surface area contributed by atoms with Crippen LogP contribution in [0.1, 0.15) is 5.69 Å². The summed E-state index contributed by atoms with van der Waals surface area (Å²) in [6.07, 6.45) is 0. The van der Waals surface area contributed by atoms with Crippen LogP contribution in [-0.2, 0) is 10.2 Å². The number of benzene rings is 1. The monoisotopic (exact) mass is 320 g/mol. The third-order valence-corrected chi connectivity index (χ3v) is 4.42. The van der Waals surface area contributed by atoms with Crippen molar-refractivity contribution in [3.05, 3.63) is 39.8 Å². The van der Waals surface area contributed by atoms with Crippen LogP contribution in [0.25, 0.3) is 10.6 Å². The van der Waals surface area contributed by atoms with E-state index in [1.807, 2.05) is 29.6 Å². The van der Waals surface area contributed by atoms with Crippen molar-refractivity contribution in [1.29, 1.82) is 5.26 Å². The summed E-state index contributed by atoms with van der Waals surface area (Å²) in [4.78, 5) is 4.58. The van der Waals surface area contributed by atoms with Gasteiger partial charge in [0.15, 0.2) is 0 Å². The van der Waals surface area contributed by atoms with Gasteiger partial charge < -0.3 is 4.74 Å². The highest BCUT2D eigenvalue weighted by atomic mass is 79.9. The summed E-state index contributed by atoms with van der Waals surface area (Å²) >= 11 is 4.98. The molecule has 18 heavy (non-hydrogen) atoms. The summed E-state index contributed by atoms with van der Waals surface area (Å²) in [7, 11) is 0. The molecule has 3 rings (SSSR count). The molecule has 0 unspecified atom stereocenters. The van der Waals surface area contributed by atoms with Gasteiger partial charge in [-0.15, -0.1) is 11.3 Å². The minimum Gasteiger partial charge on any atom is -0.377 e. The molecule has 0 aliphatic carbocycles. The molecular weight excluding hydrogens is 312 g/mol. The van der Waals surface area contributed by atoms with Gasteiger partial charge in [-0.3, -0.25) is 0 Å². The highest BCUT2D eigenvalue weighted by Crippen LogP contribution is 2.35. The number of hydrogen-bond donors (Lipinski definition) is 0. The lowest BCUT2D eigenvalue weighted by Crippen LogP contribution is -2.45. The first-order chi connectivity index (χ1) is 8.73. The smallest absolute Gasteiger partial charge is 0.146 e. The van der Waals surface area contributed by atoms with Gasteiger partial charge in [0, 0.05) is 15.4 Å². The highest BCUT2D eigenvalue weighted by molar-refractivity contribution is 9.10. The Labute approximate surface area is 117 Å². The number of thiazole rings is 1. The van der Waals surface area contributed by atoms with Gasteiger partial charge in [0.1, 0.15) is 10.4 Å². The maximum atomic E-state index is 9.23. The van der Waals surface area contributed by atoms with E-state index in [2.05, 4.69) is 27.0 Å². The van der Waals surface area contributed by atoms with E-state index in [1.165, 1.54) is 0 Å². The van der Waals surface area contributed by atoms with Crippen molar-refractivity contribution in [2.75, 3.05) is 13.2 Å². The molecule has 0 bridgehead atoms.